The number of rotatable bonds is 8. The molecule has 0 atom stereocenters. The van der Waals surface area contributed by atoms with Crippen LogP contribution in [0.3, 0.4) is 0 Å². The molecule has 22 heavy (non-hydrogen) atoms. The van der Waals surface area contributed by atoms with Crippen LogP contribution in [0.25, 0.3) is 0 Å². The Morgan fingerprint density at radius 2 is 2.23 bits per heavy atom. The van der Waals surface area contributed by atoms with Crippen molar-refractivity contribution < 1.29 is 4.74 Å². The number of nitrogens with one attached hydrogen (secondary N) is 2. The van der Waals surface area contributed by atoms with E-state index < -0.39 is 0 Å². The minimum Gasteiger partial charge on any atom is -0.385 e. The lowest BCUT2D eigenvalue weighted by Gasteiger charge is -2.42. The third-order valence-corrected chi connectivity index (χ3v) is 4.54. The van der Waals surface area contributed by atoms with E-state index in [0.29, 0.717) is 12.0 Å². The van der Waals surface area contributed by atoms with Gasteiger partial charge in [0.1, 0.15) is 0 Å². The van der Waals surface area contributed by atoms with Crippen molar-refractivity contribution in [3.8, 4) is 0 Å². The molecule has 0 bridgehead atoms. The molecule has 1 fully saturated rings. The normalized spacial score (nSPS) is 17.1. The van der Waals surface area contributed by atoms with Gasteiger partial charge in [-0.15, -0.1) is 0 Å². The summed E-state index contributed by atoms with van der Waals surface area (Å²) in [4.78, 5) is 4.69. The highest BCUT2D eigenvalue weighted by Gasteiger charge is 2.36. The summed E-state index contributed by atoms with van der Waals surface area (Å²) in [5.74, 6) is 0.912. The van der Waals surface area contributed by atoms with Gasteiger partial charge in [-0.05, 0) is 43.2 Å². The van der Waals surface area contributed by atoms with E-state index in [1.54, 1.807) is 7.11 Å². The Morgan fingerprint density at radius 1 is 1.41 bits per heavy atom. The Bertz CT molecular complexity index is 477. The molecule has 0 radical (unpaired) electrons. The Labute approximate surface area is 134 Å². The standard InChI is InChI=1S/C17H30N4O/c1-4-18-16(19-12-15-6-10-21(2)13-15)20-14-17(7-5-8-17)9-11-22-3/h6,10,13H,4-5,7-9,11-12,14H2,1-3H3,(H2,18,19,20). The van der Waals surface area contributed by atoms with Crippen molar-refractivity contribution in [3.05, 3.63) is 24.0 Å². The van der Waals surface area contributed by atoms with E-state index >= 15 is 0 Å². The van der Waals surface area contributed by atoms with Crippen LogP contribution in [0.5, 0.6) is 0 Å². The lowest BCUT2D eigenvalue weighted by molar-refractivity contribution is 0.0732. The van der Waals surface area contributed by atoms with Crippen LogP contribution in [0, 0.1) is 5.41 Å². The first-order valence-corrected chi connectivity index (χ1v) is 8.29. The van der Waals surface area contributed by atoms with Crippen LogP contribution in [0.1, 0.15) is 38.2 Å². The van der Waals surface area contributed by atoms with Gasteiger partial charge >= 0.3 is 0 Å². The van der Waals surface area contributed by atoms with E-state index in [4.69, 9.17) is 4.74 Å². The lowest BCUT2D eigenvalue weighted by atomic mass is 9.67. The molecular weight excluding hydrogens is 276 g/mol. The number of methoxy groups -OCH3 is 1. The van der Waals surface area contributed by atoms with Gasteiger partial charge < -0.3 is 19.9 Å². The molecule has 1 aliphatic rings. The minimum absolute atomic E-state index is 0.402. The van der Waals surface area contributed by atoms with Gasteiger partial charge in [0, 0.05) is 46.2 Å². The highest BCUT2D eigenvalue weighted by molar-refractivity contribution is 5.79. The molecule has 1 aromatic heterocycles. The number of hydrogen-bond acceptors (Lipinski definition) is 2. The molecule has 1 aromatic rings. The number of aromatic nitrogens is 1. The number of nitrogens with zero attached hydrogens (tertiary/aromatic N) is 2. The third-order valence-electron chi connectivity index (χ3n) is 4.54. The van der Waals surface area contributed by atoms with E-state index in [0.717, 1.165) is 32.1 Å². The van der Waals surface area contributed by atoms with Crippen molar-refractivity contribution in [2.75, 3.05) is 26.8 Å². The molecule has 5 heteroatoms. The van der Waals surface area contributed by atoms with Gasteiger partial charge in [-0.3, -0.25) is 0 Å². The summed E-state index contributed by atoms with van der Waals surface area (Å²) in [6.45, 7) is 5.52. The molecule has 0 amide bonds. The van der Waals surface area contributed by atoms with Crippen molar-refractivity contribution in [2.45, 2.75) is 39.2 Å². The fourth-order valence-corrected chi connectivity index (χ4v) is 2.95. The van der Waals surface area contributed by atoms with E-state index in [1.165, 1.54) is 24.8 Å². The number of guanidine groups is 1. The second-order valence-corrected chi connectivity index (χ2v) is 6.33. The van der Waals surface area contributed by atoms with Gasteiger partial charge in [0.05, 0.1) is 6.54 Å². The highest BCUT2D eigenvalue weighted by Crippen LogP contribution is 2.43. The monoisotopic (exact) mass is 306 g/mol. The van der Waals surface area contributed by atoms with Crippen LogP contribution in [-0.4, -0.2) is 37.3 Å². The summed E-state index contributed by atoms with van der Waals surface area (Å²) < 4.78 is 7.31. The second kappa shape index (κ2) is 8.22. The average molecular weight is 306 g/mol. The minimum atomic E-state index is 0.402. The molecule has 5 nitrogen and oxygen atoms in total. The molecule has 0 aromatic carbocycles. The molecule has 0 unspecified atom stereocenters. The Hall–Kier alpha value is -1.49. The maximum atomic E-state index is 5.26. The van der Waals surface area contributed by atoms with Crippen molar-refractivity contribution in [2.24, 2.45) is 17.5 Å². The number of aryl methyl sites for hydroxylation is 1. The summed E-state index contributed by atoms with van der Waals surface area (Å²) >= 11 is 0. The largest absolute Gasteiger partial charge is 0.385 e. The predicted molar refractivity (Wildman–Crippen MR) is 91.0 cm³/mol. The summed E-state index contributed by atoms with van der Waals surface area (Å²) in [5, 5.41) is 6.86. The zero-order chi connectivity index (χ0) is 15.8. The van der Waals surface area contributed by atoms with E-state index in [1.807, 2.05) is 7.05 Å². The number of hydrogen-bond donors (Lipinski definition) is 2. The maximum absolute atomic E-state index is 5.26. The van der Waals surface area contributed by atoms with Crippen LogP contribution in [0.4, 0.5) is 0 Å². The van der Waals surface area contributed by atoms with Gasteiger partial charge in [-0.25, -0.2) is 4.99 Å². The van der Waals surface area contributed by atoms with Crippen molar-refractivity contribution in [1.29, 1.82) is 0 Å². The zero-order valence-electron chi connectivity index (χ0n) is 14.2. The van der Waals surface area contributed by atoms with Gasteiger partial charge in [0.25, 0.3) is 0 Å². The van der Waals surface area contributed by atoms with Crippen LogP contribution >= 0.6 is 0 Å². The highest BCUT2D eigenvalue weighted by atomic mass is 16.5. The van der Waals surface area contributed by atoms with Gasteiger partial charge in [0.15, 0.2) is 5.96 Å². The van der Waals surface area contributed by atoms with Gasteiger partial charge in [0.2, 0.25) is 0 Å². The van der Waals surface area contributed by atoms with Crippen molar-refractivity contribution >= 4 is 5.96 Å². The molecule has 0 aliphatic heterocycles. The Morgan fingerprint density at radius 3 is 2.77 bits per heavy atom. The first kappa shape index (κ1) is 16.9. The van der Waals surface area contributed by atoms with Crippen LogP contribution in [0.2, 0.25) is 0 Å². The molecule has 2 rings (SSSR count). The molecule has 1 aliphatic carbocycles. The van der Waals surface area contributed by atoms with Crippen LogP contribution < -0.4 is 10.6 Å². The van der Waals surface area contributed by atoms with E-state index in [9.17, 15) is 0 Å². The van der Waals surface area contributed by atoms with Gasteiger partial charge in [-0.1, -0.05) is 6.42 Å². The first-order valence-electron chi connectivity index (χ1n) is 8.29. The van der Waals surface area contributed by atoms with Gasteiger partial charge in [-0.2, -0.15) is 0 Å². The average Bonchev–Trinajstić information content (AvgIpc) is 2.88. The zero-order valence-corrected chi connectivity index (χ0v) is 14.2. The van der Waals surface area contributed by atoms with E-state index in [-0.39, 0.29) is 0 Å². The fraction of sp³-hybridized carbons (Fsp3) is 0.706. The molecule has 124 valence electrons. The van der Waals surface area contributed by atoms with Crippen molar-refractivity contribution in [3.63, 3.8) is 0 Å². The summed E-state index contributed by atoms with van der Waals surface area (Å²) in [5.41, 5.74) is 1.64. The molecule has 1 saturated carbocycles. The SMILES string of the molecule is CCNC(=NCc1ccn(C)c1)NCC1(CCOC)CCC1. The summed E-state index contributed by atoms with van der Waals surface area (Å²) in [6, 6.07) is 2.11. The molecule has 0 saturated heterocycles. The molecule has 1 heterocycles. The maximum Gasteiger partial charge on any atom is 0.191 e. The topological polar surface area (TPSA) is 50.6 Å². The Kier molecular flexibility index (Phi) is 6.31. The summed E-state index contributed by atoms with van der Waals surface area (Å²) in [7, 11) is 3.82. The van der Waals surface area contributed by atoms with Crippen molar-refractivity contribution in [1.82, 2.24) is 15.2 Å². The smallest absolute Gasteiger partial charge is 0.191 e. The molecule has 2 N–H and O–H groups in total. The quantitative estimate of drug-likeness (QED) is 0.572. The predicted octanol–water partition coefficient (Wildman–Crippen LogP) is 2.29. The second-order valence-electron chi connectivity index (χ2n) is 6.33. The molecular formula is C17H30N4O. The number of ether oxygens (including phenoxy) is 1. The molecule has 0 spiro atoms. The third kappa shape index (κ3) is 4.77. The van der Waals surface area contributed by atoms with Crippen LogP contribution in [0.15, 0.2) is 23.5 Å². The summed E-state index contributed by atoms with van der Waals surface area (Å²) in [6.07, 6.45) is 9.22. The first-order chi connectivity index (χ1) is 10.7. The number of aliphatic imine (C=N–C) groups is 1. The van der Waals surface area contributed by atoms with Crippen LogP contribution in [-0.2, 0) is 18.3 Å². The van der Waals surface area contributed by atoms with E-state index in [2.05, 4.69) is 45.6 Å². The lowest BCUT2D eigenvalue weighted by Crippen LogP contribution is -2.46. The Balaban J connectivity index is 1.87. The fourth-order valence-electron chi connectivity index (χ4n) is 2.95.